The fraction of sp³-hybridized carbons (Fsp3) is 0.364. The Morgan fingerprint density at radius 1 is 1.13 bits per heavy atom. The fourth-order valence-electron chi connectivity index (χ4n) is 2.70. The number of benzene rings is 2. The number of nitrogens with one attached hydrogen (secondary N) is 1. The van der Waals surface area contributed by atoms with Gasteiger partial charge in [0.2, 0.25) is 5.91 Å². The molecule has 2 amide bonds. The Bertz CT molecular complexity index is 915. The standard InChI is InChI=1S/C22H25BrCl2N2O3/c1-14(21(29)26-22(2,3)4)27(12-15-6-5-7-16(24)10-15)20(28)13-30-19-9-8-17(25)11-18(19)23/h5-11,14H,12-13H2,1-4H3,(H,26,29). The molecule has 5 nitrogen and oxygen atoms in total. The zero-order chi connectivity index (χ0) is 22.5. The van der Waals surface area contributed by atoms with Crippen LogP contribution >= 0.6 is 39.1 Å². The highest BCUT2D eigenvalue weighted by Crippen LogP contribution is 2.28. The number of carbonyl (C=O) groups is 2. The summed E-state index contributed by atoms with van der Waals surface area (Å²) in [5.74, 6) is -0.0822. The van der Waals surface area contributed by atoms with Gasteiger partial charge in [0.05, 0.1) is 4.47 Å². The normalized spacial score (nSPS) is 12.2. The van der Waals surface area contributed by atoms with E-state index in [1.165, 1.54) is 4.90 Å². The Morgan fingerprint density at radius 3 is 2.40 bits per heavy atom. The van der Waals surface area contributed by atoms with Crippen molar-refractivity contribution in [3.05, 3.63) is 62.5 Å². The lowest BCUT2D eigenvalue weighted by atomic mass is 10.1. The molecule has 1 unspecified atom stereocenters. The van der Waals surface area contributed by atoms with Crippen molar-refractivity contribution in [2.24, 2.45) is 0 Å². The van der Waals surface area contributed by atoms with Crippen LogP contribution in [0.2, 0.25) is 10.0 Å². The summed E-state index contributed by atoms with van der Waals surface area (Å²) >= 11 is 15.4. The van der Waals surface area contributed by atoms with E-state index in [0.717, 1.165) is 5.56 Å². The van der Waals surface area contributed by atoms with E-state index in [-0.39, 0.29) is 25.0 Å². The predicted molar refractivity (Wildman–Crippen MR) is 124 cm³/mol. The number of halogens is 3. The van der Waals surface area contributed by atoms with Gasteiger partial charge in [0.25, 0.3) is 5.91 Å². The molecule has 0 heterocycles. The summed E-state index contributed by atoms with van der Waals surface area (Å²) in [6.45, 7) is 7.37. The fourth-order valence-corrected chi connectivity index (χ4v) is 3.71. The molecule has 2 aromatic rings. The minimum Gasteiger partial charge on any atom is -0.483 e. The van der Waals surface area contributed by atoms with E-state index in [4.69, 9.17) is 27.9 Å². The number of rotatable bonds is 7. The first-order valence-corrected chi connectivity index (χ1v) is 10.9. The van der Waals surface area contributed by atoms with Crippen molar-refractivity contribution in [2.45, 2.75) is 45.8 Å². The van der Waals surface area contributed by atoms with Crippen LogP contribution in [0.25, 0.3) is 0 Å². The predicted octanol–water partition coefficient (Wildman–Crippen LogP) is 5.47. The van der Waals surface area contributed by atoms with Crippen LogP contribution in [0.15, 0.2) is 46.9 Å². The van der Waals surface area contributed by atoms with Crippen LogP contribution in [-0.4, -0.2) is 34.9 Å². The lowest BCUT2D eigenvalue weighted by Gasteiger charge is -2.31. The summed E-state index contributed by atoms with van der Waals surface area (Å²) in [6, 6.07) is 11.5. The van der Waals surface area contributed by atoms with Gasteiger partial charge in [-0.2, -0.15) is 0 Å². The van der Waals surface area contributed by atoms with Crippen LogP contribution in [0.5, 0.6) is 5.75 Å². The van der Waals surface area contributed by atoms with E-state index in [2.05, 4.69) is 21.2 Å². The SMILES string of the molecule is CC(C(=O)NC(C)(C)C)N(Cc1cccc(Cl)c1)C(=O)COc1ccc(Cl)cc1Br. The molecule has 0 saturated heterocycles. The van der Waals surface area contributed by atoms with E-state index >= 15 is 0 Å². The van der Waals surface area contributed by atoms with Crippen LogP contribution in [0, 0.1) is 0 Å². The molecule has 0 aliphatic heterocycles. The number of carbonyl (C=O) groups excluding carboxylic acids is 2. The van der Waals surface area contributed by atoms with Gasteiger partial charge in [0, 0.05) is 22.1 Å². The third kappa shape index (κ3) is 7.49. The van der Waals surface area contributed by atoms with E-state index in [1.807, 2.05) is 32.9 Å². The largest absolute Gasteiger partial charge is 0.483 e. The second-order valence-electron chi connectivity index (χ2n) is 7.93. The zero-order valence-electron chi connectivity index (χ0n) is 17.3. The van der Waals surface area contributed by atoms with E-state index < -0.39 is 11.6 Å². The van der Waals surface area contributed by atoms with Gasteiger partial charge in [-0.15, -0.1) is 0 Å². The molecule has 0 radical (unpaired) electrons. The molecule has 0 saturated carbocycles. The molecule has 1 atom stereocenters. The molecule has 2 rings (SSSR count). The summed E-state index contributed by atoms with van der Waals surface area (Å²) in [4.78, 5) is 27.3. The monoisotopic (exact) mass is 514 g/mol. The third-order valence-electron chi connectivity index (χ3n) is 4.15. The first kappa shape index (κ1) is 24.5. The first-order chi connectivity index (χ1) is 14.0. The Hall–Kier alpha value is -1.76. The maximum Gasteiger partial charge on any atom is 0.261 e. The molecule has 0 aromatic heterocycles. The average molecular weight is 516 g/mol. The van der Waals surface area contributed by atoms with Crippen LogP contribution in [0.3, 0.4) is 0 Å². The molecule has 1 N–H and O–H groups in total. The molecule has 0 aliphatic rings. The van der Waals surface area contributed by atoms with Gasteiger partial charge < -0.3 is 15.0 Å². The van der Waals surface area contributed by atoms with Crippen LogP contribution in [0.1, 0.15) is 33.3 Å². The first-order valence-electron chi connectivity index (χ1n) is 9.40. The molecule has 2 aromatic carbocycles. The number of ether oxygens (including phenoxy) is 1. The van der Waals surface area contributed by atoms with Crippen molar-refractivity contribution in [1.29, 1.82) is 0 Å². The Labute approximate surface area is 195 Å². The summed E-state index contributed by atoms with van der Waals surface area (Å²) in [5.41, 5.74) is 0.403. The highest BCUT2D eigenvalue weighted by atomic mass is 79.9. The molecular weight excluding hydrogens is 491 g/mol. The summed E-state index contributed by atoms with van der Waals surface area (Å²) < 4.78 is 6.31. The molecule has 30 heavy (non-hydrogen) atoms. The number of hydrogen-bond acceptors (Lipinski definition) is 3. The second kappa shape index (κ2) is 10.5. The molecule has 0 fully saturated rings. The third-order valence-corrected chi connectivity index (χ3v) is 5.24. The topological polar surface area (TPSA) is 58.6 Å². The smallest absolute Gasteiger partial charge is 0.261 e. The van der Waals surface area contributed by atoms with Crippen molar-refractivity contribution in [1.82, 2.24) is 10.2 Å². The van der Waals surface area contributed by atoms with Crippen molar-refractivity contribution < 1.29 is 14.3 Å². The average Bonchev–Trinajstić information content (AvgIpc) is 2.63. The van der Waals surface area contributed by atoms with Crippen LogP contribution in [-0.2, 0) is 16.1 Å². The van der Waals surface area contributed by atoms with Crippen molar-refractivity contribution in [3.8, 4) is 5.75 Å². The maximum absolute atomic E-state index is 13.0. The van der Waals surface area contributed by atoms with Gasteiger partial charge >= 0.3 is 0 Å². The van der Waals surface area contributed by atoms with E-state index in [0.29, 0.717) is 20.3 Å². The molecule has 0 bridgehead atoms. The highest BCUT2D eigenvalue weighted by molar-refractivity contribution is 9.10. The van der Waals surface area contributed by atoms with Crippen molar-refractivity contribution in [3.63, 3.8) is 0 Å². The summed E-state index contributed by atoms with van der Waals surface area (Å²) in [7, 11) is 0. The lowest BCUT2D eigenvalue weighted by Crippen LogP contribution is -2.53. The molecule has 162 valence electrons. The number of amides is 2. The van der Waals surface area contributed by atoms with Gasteiger partial charge in [-0.1, -0.05) is 35.3 Å². The Kier molecular flexibility index (Phi) is 8.59. The van der Waals surface area contributed by atoms with Crippen LogP contribution in [0.4, 0.5) is 0 Å². The van der Waals surface area contributed by atoms with E-state index in [9.17, 15) is 9.59 Å². The molecular formula is C22H25BrCl2N2O3. The second-order valence-corrected chi connectivity index (χ2v) is 9.66. The van der Waals surface area contributed by atoms with Crippen LogP contribution < -0.4 is 10.1 Å². The minimum absolute atomic E-state index is 0.225. The zero-order valence-corrected chi connectivity index (χ0v) is 20.4. The quantitative estimate of drug-likeness (QED) is 0.532. The summed E-state index contributed by atoms with van der Waals surface area (Å²) in [6.07, 6.45) is 0. The van der Waals surface area contributed by atoms with Crippen molar-refractivity contribution in [2.75, 3.05) is 6.61 Å². The van der Waals surface area contributed by atoms with Gasteiger partial charge in [-0.25, -0.2) is 0 Å². The Morgan fingerprint density at radius 2 is 1.80 bits per heavy atom. The number of hydrogen-bond donors (Lipinski definition) is 1. The van der Waals surface area contributed by atoms with Gasteiger partial charge in [0.1, 0.15) is 11.8 Å². The lowest BCUT2D eigenvalue weighted by molar-refractivity contribution is -0.142. The summed E-state index contributed by atoms with van der Waals surface area (Å²) in [5, 5.41) is 4.03. The van der Waals surface area contributed by atoms with Gasteiger partial charge in [-0.3, -0.25) is 9.59 Å². The van der Waals surface area contributed by atoms with Gasteiger partial charge in [0.15, 0.2) is 6.61 Å². The molecule has 0 aliphatic carbocycles. The number of nitrogens with zero attached hydrogens (tertiary/aromatic N) is 1. The van der Waals surface area contributed by atoms with Gasteiger partial charge in [-0.05, 0) is 79.5 Å². The van der Waals surface area contributed by atoms with Crippen molar-refractivity contribution >= 4 is 50.9 Å². The molecule has 8 heteroatoms. The minimum atomic E-state index is -0.701. The molecule has 0 spiro atoms. The maximum atomic E-state index is 13.0. The Balaban J connectivity index is 2.20. The highest BCUT2D eigenvalue weighted by Gasteiger charge is 2.28. The van der Waals surface area contributed by atoms with E-state index in [1.54, 1.807) is 37.3 Å².